The van der Waals surface area contributed by atoms with Crippen LogP contribution in [0.4, 0.5) is 0 Å². The minimum absolute atomic E-state index is 0.121. The van der Waals surface area contributed by atoms with Gasteiger partial charge in [-0.25, -0.2) is 0 Å². The van der Waals surface area contributed by atoms with Gasteiger partial charge in [-0.3, -0.25) is 4.79 Å². The molecule has 1 aromatic rings. The second-order valence-corrected chi connectivity index (χ2v) is 5.19. The van der Waals surface area contributed by atoms with Crippen molar-refractivity contribution in [2.75, 3.05) is 18.6 Å². The standard InChI is InChI=1S/C13H17ClO2S/c1-3-4-7-17-9-12(15)10-5-6-13(16-2)11(14)8-10/h5-6,8H,3-4,7,9H2,1-2H3. The molecule has 0 heterocycles. The summed E-state index contributed by atoms with van der Waals surface area (Å²) in [7, 11) is 1.56. The predicted molar refractivity (Wildman–Crippen MR) is 74.6 cm³/mol. The normalized spacial score (nSPS) is 10.3. The van der Waals surface area contributed by atoms with Gasteiger partial charge in [0, 0.05) is 5.56 Å². The lowest BCUT2D eigenvalue weighted by Crippen LogP contribution is -2.03. The van der Waals surface area contributed by atoms with Crippen molar-refractivity contribution < 1.29 is 9.53 Å². The largest absolute Gasteiger partial charge is 0.495 e. The van der Waals surface area contributed by atoms with Gasteiger partial charge in [0.2, 0.25) is 0 Å². The lowest BCUT2D eigenvalue weighted by Gasteiger charge is -2.05. The van der Waals surface area contributed by atoms with Gasteiger partial charge in [0.15, 0.2) is 5.78 Å². The van der Waals surface area contributed by atoms with Crippen molar-refractivity contribution in [3.8, 4) is 5.75 Å². The first kappa shape index (κ1) is 14.4. The fourth-order valence-corrected chi connectivity index (χ4v) is 2.58. The number of hydrogen-bond acceptors (Lipinski definition) is 3. The van der Waals surface area contributed by atoms with Gasteiger partial charge in [0.25, 0.3) is 0 Å². The Labute approximate surface area is 112 Å². The molecule has 0 amide bonds. The summed E-state index contributed by atoms with van der Waals surface area (Å²) in [4.78, 5) is 11.8. The van der Waals surface area contributed by atoms with Crippen molar-refractivity contribution in [1.82, 2.24) is 0 Å². The number of carbonyl (C=O) groups excluding carboxylic acids is 1. The lowest BCUT2D eigenvalue weighted by molar-refractivity contribution is 0.102. The smallest absolute Gasteiger partial charge is 0.172 e. The maximum absolute atomic E-state index is 11.8. The first-order valence-electron chi connectivity index (χ1n) is 5.63. The molecule has 0 aliphatic rings. The second-order valence-electron chi connectivity index (χ2n) is 3.68. The predicted octanol–water partition coefficient (Wildman–Crippen LogP) is 4.06. The summed E-state index contributed by atoms with van der Waals surface area (Å²) >= 11 is 7.65. The second kappa shape index (κ2) is 7.62. The minimum Gasteiger partial charge on any atom is -0.495 e. The minimum atomic E-state index is 0.121. The Morgan fingerprint density at radius 3 is 2.82 bits per heavy atom. The maximum atomic E-state index is 11.8. The first-order chi connectivity index (χ1) is 8.19. The van der Waals surface area contributed by atoms with Crippen molar-refractivity contribution in [3.05, 3.63) is 28.8 Å². The number of carbonyl (C=O) groups is 1. The molecule has 4 heteroatoms. The van der Waals surface area contributed by atoms with Crippen LogP contribution in [-0.2, 0) is 0 Å². The Kier molecular flexibility index (Phi) is 6.45. The van der Waals surface area contributed by atoms with E-state index < -0.39 is 0 Å². The van der Waals surface area contributed by atoms with E-state index in [0.717, 1.165) is 18.6 Å². The van der Waals surface area contributed by atoms with E-state index in [-0.39, 0.29) is 5.78 Å². The van der Waals surface area contributed by atoms with Gasteiger partial charge in [-0.1, -0.05) is 24.9 Å². The Hall–Kier alpha value is -0.670. The van der Waals surface area contributed by atoms with E-state index in [2.05, 4.69) is 6.92 Å². The van der Waals surface area contributed by atoms with Crippen LogP contribution in [0.1, 0.15) is 30.1 Å². The molecule has 1 rings (SSSR count). The zero-order chi connectivity index (χ0) is 12.7. The average Bonchev–Trinajstić information content (AvgIpc) is 2.34. The van der Waals surface area contributed by atoms with Crippen LogP contribution in [-0.4, -0.2) is 24.4 Å². The van der Waals surface area contributed by atoms with Gasteiger partial charge in [-0.05, 0) is 30.4 Å². The highest BCUT2D eigenvalue weighted by molar-refractivity contribution is 7.99. The van der Waals surface area contributed by atoms with Gasteiger partial charge in [-0.2, -0.15) is 11.8 Å². The molecule has 0 aliphatic carbocycles. The number of unbranched alkanes of at least 4 members (excludes halogenated alkanes) is 1. The van der Waals surface area contributed by atoms with Crippen molar-refractivity contribution in [3.63, 3.8) is 0 Å². The van der Waals surface area contributed by atoms with Crippen LogP contribution in [0.5, 0.6) is 5.75 Å². The summed E-state index contributed by atoms with van der Waals surface area (Å²) in [5.41, 5.74) is 0.653. The van der Waals surface area contributed by atoms with Gasteiger partial charge >= 0.3 is 0 Å². The van der Waals surface area contributed by atoms with E-state index in [1.54, 1.807) is 37.1 Å². The fraction of sp³-hybridized carbons (Fsp3) is 0.462. The molecule has 0 saturated carbocycles. The molecule has 1 aromatic carbocycles. The summed E-state index contributed by atoms with van der Waals surface area (Å²) < 4.78 is 5.04. The number of halogens is 1. The Morgan fingerprint density at radius 1 is 1.47 bits per heavy atom. The van der Waals surface area contributed by atoms with Crippen molar-refractivity contribution >= 4 is 29.1 Å². The molecule has 0 fully saturated rings. The quantitative estimate of drug-likeness (QED) is 0.553. The van der Waals surface area contributed by atoms with Crippen molar-refractivity contribution in [2.24, 2.45) is 0 Å². The molecule has 94 valence electrons. The van der Waals surface area contributed by atoms with E-state index in [9.17, 15) is 4.79 Å². The van der Waals surface area contributed by atoms with Gasteiger partial charge in [-0.15, -0.1) is 0 Å². The van der Waals surface area contributed by atoms with Crippen LogP contribution < -0.4 is 4.74 Å². The topological polar surface area (TPSA) is 26.3 Å². The van der Waals surface area contributed by atoms with E-state index in [1.165, 1.54) is 0 Å². The van der Waals surface area contributed by atoms with Crippen LogP contribution in [0.15, 0.2) is 18.2 Å². The molecule has 0 radical (unpaired) electrons. The highest BCUT2D eigenvalue weighted by Crippen LogP contribution is 2.25. The number of hydrogen-bond donors (Lipinski definition) is 0. The highest BCUT2D eigenvalue weighted by Gasteiger charge is 2.08. The summed E-state index contributed by atoms with van der Waals surface area (Å²) in [5, 5.41) is 0.483. The Balaban J connectivity index is 2.54. The molecule has 0 unspecified atom stereocenters. The number of rotatable bonds is 7. The van der Waals surface area contributed by atoms with Crippen LogP contribution in [0.3, 0.4) is 0 Å². The molecule has 0 saturated heterocycles. The lowest BCUT2D eigenvalue weighted by atomic mass is 10.1. The molecule has 0 aromatic heterocycles. The third-order valence-electron chi connectivity index (χ3n) is 2.35. The zero-order valence-electron chi connectivity index (χ0n) is 10.2. The van der Waals surface area contributed by atoms with Crippen molar-refractivity contribution in [1.29, 1.82) is 0 Å². The van der Waals surface area contributed by atoms with Crippen LogP contribution in [0.25, 0.3) is 0 Å². The molecular weight excluding hydrogens is 256 g/mol. The van der Waals surface area contributed by atoms with Crippen LogP contribution >= 0.6 is 23.4 Å². The summed E-state index contributed by atoms with van der Waals surface area (Å²) in [5.74, 6) is 2.27. The molecule has 2 nitrogen and oxygen atoms in total. The number of Topliss-reactive ketones (excluding diaryl/α,β-unsaturated/α-hetero) is 1. The Bertz CT molecular complexity index is 380. The monoisotopic (exact) mass is 272 g/mol. The van der Waals surface area contributed by atoms with Crippen LogP contribution in [0.2, 0.25) is 5.02 Å². The summed E-state index contributed by atoms with van der Waals surface area (Å²) in [6, 6.07) is 5.16. The van der Waals surface area contributed by atoms with Gasteiger partial charge < -0.3 is 4.74 Å². The maximum Gasteiger partial charge on any atom is 0.172 e. The third-order valence-corrected chi connectivity index (χ3v) is 3.69. The number of ketones is 1. The van der Waals surface area contributed by atoms with E-state index in [4.69, 9.17) is 16.3 Å². The molecule has 0 aliphatic heterocycles. The SMILES string of the molecule is CCCCSCC(=O)c1ccc(OC)c(Cl)c1. The molecule has 0 N–H and O–H groups in total. The molecule has 0 spiro atoms. The number of benzene rings is 1. The third kappa shape index (κ3) is 4.60. The van der Waals surface area contributed by atoms with Crippen LogP contribution in [0, 0.1) is 0 Å². The van der Waals surface area contributed by atoms with E-state index in [1.807, 2.05) is 0 Å². The summed E-state index contributed by atoms with van der Waals surface area (Å²) in [6.45, 7) is 2.14. The van der Waals surface area contributed by atoms with Gasteiger partial charge in [0.1, 0.15) is 5.75 Å². The zero-order valence-corrected chi connectivity index (χ0v) is 11.7. The van der Waals surface area contributed by atoms with Gasteiger partial charge in [0.05, 0.1) is 17.9 Å². The molecule has 0 atom stereocenters. The number of methoxy groups -OCH3 is 1. The van der Waals surface area contributed by atoms with E-state index >= 15 is 0 Å². The molecule has 0 bridgehead atoms. The fourth-order valence-electron chi connectivity index (χ4n) is 1.33. The number of ether oxygens (including phenoxy) is 1. The average molecular weight is 273 g/mol. The first-order valence-corrected chi connectivity index (χ1v) is 7.16. The molecular formula is C13H17ClO2S. The Morgan fingerprint density at radius 2 is 2.24 bits per heavy atom. The summed E-state index contributed by atoms with van der Waals surface area (Å²) in [6.07, 6.45) is 2.32. The number of thioether (sulfide) groups is 1. The molecule has 17 heavy (non-hydrogen) atoms. The highest BCUT2D eigenvalue weighted by atomic mass is 35.5. The van der Waals surface area contributed by atoms with E-state index in [0.29, 0.717) is 22.1 Å². The van der Waals surface area contributed by atoms with Crippen molar-refractivity contribution in [2.45, 2.75) is 19.8 Å².